The van der Waals surface area contributed by atoms with Crippen molar-refractivity contribution >= 4 is 60.7 Å². The van der Waals surface area contributed by atoms with Gasteiger partial charge in [0.05, 0.1) is 22.2 Å². The highest BCUT2D eigenvalue weighted by Gasteiger charge is 2.29. The largest absolute Gasteiger partial charge is 0.506 e. The average molecular weight is 468 g/mol. The average Bonchev–Trinajstić information content (AvgIpc) is 2.85. The van der Waals surface area contributed by atoms with Crippen LogP contribution in [0.2, 0.25) is 0 Å². The molecule has 2 heterocycles. The van der Waals surface area contributed by atoms with E-state index in [-0.39, 0.29) is 56.0 Å². The lowest BCUT2D eigenvalue weighted by atomic mass is 10.0. The number of aliphatic imine (C=N–C) groups is 1. The van der Waals surface area contributed by atoms with E-state index in [0.717, 1.165) is 17.1 Å². The van der Waals surface area contributed by atoms with Crippen molar-refractivity contribution in [1.29, 1.82) is 0 Å². The van der Waals surface area contributed by atoms with Gasteiger partial charge in [0.25, 0.3) is 0 Å². The summed E-state index contributed by atoms with van der Waals surface area (Å²) in [7, 11) is 0. The second-order valence-corrected chi connectivity index (χ2v) is 9.03. The molecule has 0 spiro atoms. The molecule has 1 aliphatic heterocycles. The second-order valence-electron chi connectivity index (χ2n) is 8.03. The molecular formula is C26H16N2O5S. The lowest BCUT2D eigenvalue weighted by molar-refractivity contribution is -0.112. The van der Waals surface area contributed by atoms with E-state index in [0.29, 0.717) is 21.9 Å². The number of nitrogens with zero attached hydrogens (tertiary/aromatic N) is 1. The van der Waals surface area contributed by atoms with Gasteiger partial charge in [-0.2, -0.15) is 0 Å². The van der Waals surface area contributed by atoms with Gasteiger partial charge in [-0.1, -0.05) is 66.4 Å². The molecule has 0 saturated heterocycles. The number of aromatic amines is 1. The van der Waals surface area contributed by atoms with E-state index in [4.69, 9.17) is 0 Å². The van der Waals surface area contributed by atoms with Gasteiger partial charge in [0.15, 0.2) is 5.78 Å². The molecule has 166 valence electrons. The first-order chi connectivity index (χ1) is 16.4. The zero-order chi connectivity index (χ0) is 23.6. The van der Waals surface area contributed by atoms with Crippen LogP contribution in [0, 0.1) is 0 Å². The third-order valence-electron chi connectivity index (χ3n) is 6.02. The first-order valence-electron chi connectivity index (χ1n) is 10.5. The molecule has 0 amide bonds. The van der Waals surface area contributed by atoms with Crippen LogP contribution in [0.5, 0.6) is 17.2 Å². The van der Waals surface area contributed by atoms with E-state index >= 15 is 0 Å². The number of benzene rings is 4. The lowest BCUT2D eigenvalue weighted by Gasteiger charge is -2.18. The van der Waals surface area contributed by atoms with Gasteiger partial charge in [0.2, 0.25) is 5.43 Å². The number of pyridine rings is 1. The number of phenolic OH excluding ortho intramolecular Hbond substituents is 3. The number of aromatic hydroxyl groups is 3. The number of fused-ring (bicyclic) bond motifs is 4. The summed E-state index contributed by atoms with van der Waals surface area (Å²) < 4.78 is 0. The fraction of sp³-hybridized carbons (Fsp3) is 0.0385. The maximum atomic E-state index is 13.4. The molecule has 0 radical (unpaired) electrons. The number of carbonyl (C=O) groups excluding carboxylic acids is 1. The van der Waals surface area contributed by atoms with Crippen molar-refractivity contribution in [2.75, 3.05) is 0 Å². The van der Waals surface area contributed by atoms with Crippen molar-refractivity contribution in [3.8, 4) is 17.2 Å². The van der Waals surface area contributed by atoms with Crippen LogP contribution in [-0.2, 0) is 11.2 Å². The number of aromatic nitrogens is 1. The minimum Gasteiger partial charge on any atom is -0.506 e. The highest BCUT2D eigenvalue weighted by atomic mass is 32.2. The second kappa shape index (κ2) is 7.36. The summed E-state index contributed by atoms with van der Waals surface area (Å²) in [6, 6.07) is 17.4. The Labute approximate surface area is 196 Å². The van der Waals surface area contributed by atoms with Gasteiger partial charge < -0.3 is 20.3 Å². The number of rotatable bonds is 1. The Balaban J connectivity index is 1.54. The first kappa shape index (κ1) is 20.3. The van der Waals surface area contributed by atoms with Gasteiger partial charge in [-0.25, -0.2) is 4.99 Å². The molecule has 0 fully saturated rings. The molecule has 4 N–H and O–H groups in total. The quantitative estimate of drug-likeness (QED) is 0.205. The van der Waals surface area contributed by atoms with Crippen molar-refractivity contribution in [3.63, 3.8) is 0 Å². The van der Waals surface area contributed by atoms with Crippen molar-refractivity contribution in [3.05, 3.63) is 76.6 Å². The van der Waals surface area contributed by atoms with Crippen LogP contribution in [0.1, 0.15) is 5.69 Å². The monoisotopic (exact) mass is 468 g/mol. The van der Waals surface area contributed by atoms with Crippen molar-refractivity contribution in [1.82, 2.24) is 4.98 Å². The summed E-state index contributed by atoms with van der Waals surface area (Å²) >= 11 is 0.888. The SMILES string of the molecule is O=C1Cc2[nH]c3c(O)c4ccccc4c(O)c3c(=O)c2SC1=Nc1ccc2ccccc2c1O. The number of H-pyrrole nitrogens is 1. The van der Waals surface area contributed by atoms with Gasteiger partial charge in [0, 0.05) is 21.9 Å². The predicted molar refractivity (Wildman–Crippen MR) is 133 cm³/mol. The Hall–Kier alpha value is -4.30. The Morgan fingerprint density at radius 2 is 1.47 bits per heavy atom. The number of nitrogens with one attached hydrogen (secondary N) is 1. The maximum absolute atomic E-state index is 13.4. The Kier molecular flexibility index (Phi) is 4.40. The van der Waals surface area contributed by atoms with E-state index in [1.54, 1.807) is 48.5 Å². The molecule has 0 bridgehead atoms. The molecule has 8 heteroatoms. The topological polar surface area (TPSA) is 123 Å². The standard InChI is InChI=1S/C26H16N2O5S/c29-18-11-17-25(34-26(18)28-16-10-9-12-5-1-2-6-13(12)21(16)30)24(33)19-20(27-17)23(32)15-8-4-3-7-14(15)22(19)31/h1-10,30-32H,11H2,(H,27,33). The number of carbonyl (C=O) groups is 1. The zero-order valence-corrected chi connectivity index (χ0v) is 18.3. The third-order valence-corrected chi connectivity index (χ3v) is 7.17. The van der Waals surface area contributed by atoms with E-state index < -0.39 is 5.43 Å². The van der Waals surface area contributed by atoms with Crippen molar-refractivity contribution in [2.45, 2.75) is 11.3 Å². The molecule has 7 nitrogen and oxygen atoms in total. The maximum Gasteiger partial charge on any atom is 0.207 e. The number of hydrogen-bond acceptors (Lipinski definition) is 7. The van der Waals surface area contributed by atoms with Crippen molar-refractivity contribution in [2.24, 2.45) is 4.99 Å². The first-order valence-corrected chi connectivity index (χ1v) is 11.3. The third kappa shape index (κ3) is 2.89. The molecule has 0 atom stereocenters. The molecule has 1 aliphatic rings. The van der Waals surface area contributed by atoms with Crippen LogP contribution >= 0.6 is 11.8 Å². The summed E-state index contributed by atoms with van der Waals surface area (Å²) in [5.41, 5.74) is 0.150. The predicted octanol–water partition coefficient (Wildman–Crippen LogP) is 4.90. The lowest BCUT2D eigenvalue weighted by Crippen LogP contribution is -2.24. The summed E-state index contributed by atoms with van der Waals surface area (Å²) in [4.78, 5) is 33.9. The van der Waals surface area contributed by atoms with Crippen LogP contribution < -0.4 is 5.43 Å². The summed E-state index contributed by atoms with van der Waals surface area (Å²) in [5.74, 6) is -0.785. The molecule has 0 aliphatic carbocycles. The van der Waals surface area contributed by atoms with E-state index in [9.17, 15) is 24.9 Å². The van der Waals surface area contributed by atoms with Crippen molar-refractivity contribution < 1.29 is 20.1 Å². The van der Waals surface area contributed by atoms with Crippen LogP contribution in [0.3, 0.4) is 0 Å². The molecule has 5 aromatic rings. The van der Waals surface area contributed by atoms with Crippen LogP contribution in [-0.4, -0.2) is 31.1 Å². The van der Waals surface area contributed by atoms with E-state index in [1.165, 1.54) is 0 Å². The molecule has 34 heavy (non-hydrogen) atoms. The Bertz CT molecular complexity index is 1790. The summed E-state index contributed by atoms with van der Waals surface area (Å²) in [6.07, 6.45) is -0.131. The summed E-state index contributed by atoms with van der Waals surface area (Å²) in [5, 5.41) is 34.5. The highest BCUT2D eigenvalue weighted by molar-refractivity contribution is 8.16. The zero-order valence-electron chi connectivity index (χ0n) is 17.5. The highest BCUT2D eigenvalue weighted by Crippen LogP contribution is 2.42. The smallest absolute Gasteiger partial charge is 0.207 e. The molecule has 0 unspecified atom stereocenters. The summed E-state index contributed by atoms with van der Waals surface area (Å²) in [6.45, 7) is 0. The molecule has 6 rings (SSSR count). The van der Waals surface area contributed by atoms with Gasteiger partial charge in [0.1, 0.15) is 28.0 Å². The van der Waals surface area contributed by atoms with E-state index in [1.807, 2.05) is 12.1 Å². The fourth-order valence-electron chi connectivity index (χ4n) is 4.35. The fourth-order valence-corrected chi connectivity index (χ4v) is 5.32. The number of Topliss-reactive ketones (excluding diaryl/α,β-unsaturated/α-hetero) is 1. The molecule has 4 aromatic carbocycles. The molecule has 0 saturated carbocycles. The number of hydrogen-bond donors (Lipinski definition) is 4. The van der Waals surface area contributed by atoms with Gasteiger partial charge in [-0.05, 0) is 11.5 Å². The number of phenols is 3. The van der Waals surface area contributed by atoms with Crippen LogP contribution in [0.25, 0.3) is 32.4 Å². The van der Waals surface area contributed by atoms with E-state index in [2.05, 4.69) is 9.98 Å². The molecular weight excluding hydrogens is 452 g/mol. The van der Waals surface area contributed by atoms with Gasteiger partial charge in [-0.3, -0.25) is 9.59 Å². The Morgan fingerprint density at radius 3 is 2.24 bits per heavy atom. The number of ketones is 1. The van der Waals surface area contributed by atoms with Crippen LogP contribution in [0.4, 0.5) is 5.69 Å². The molecule has 1 aromatic heterocycles. The van der Waals surface area contributed by atoms with Crippen LogP contribution in [0.15, 0.2) is 75.3 Å². The number of thioether (sulfide) groups is 1. The van der Waals surface area contributed by atoms with Gasteiger partial charge in [-0.15, -0.1) is 0 Å². The minimum atomic E-state index is -0.504. The Morgan fingerprint density at radius 1 is 0.794 bits per heavy atom. The normalized spacial score (nSPS) is 14.8. The minimum absolute atomic E-state index is 0.0498. The van der Waals surface area contributed by atoms with Gasteiger partial charge >= 0.3 is 0 Å².